The largest absolute Gasteiger partial charge is 0.309 e. The van der Waals surface area contributed by atoms with Crippen LogP contribution >= 0.6 is 0 Å². The molecule has 1 nitrogen and oxygen atoms in total. The highest BCUT2D eigenvalue weighted by Crippen LogP contribution is 1.97. The Morgan fingerprint density at radius 3 is 2.62 bits per heavy atom. The molecule has 0 aliphatic heterocycles. The molecule has 1 aromatic carbocycles. The highest BCUT2D eigenvalue weighted by molar-refractivity contribution is 5.14. The van der Waals surface area contributed by atoms with E-state index in [9.17, 15) is 0 Å². The summed E-state index contributed by atoms with van der Waals surface area (Å²) in [6.07, 6.45) is 2.14. The minimum Gasteiger partial charge on any atom is -0.309 e. The van der Waals surface area contributed by atoms with E-state index >= 15 is 0 Å². The minimum absolute atomic E-state index is 0.950. The Labute approximate surface area is 80.5 Å². The zero-order chi connectivity index (χ0) is 9.52. The lowest BCUT2D eigenvalue weighted by atomic mass is 10.2. The summed E-state index contributed by atoms with van der Waals surface area (Å²) in [5.74, 6) is 0. The van der Waals surface area contributed by atoms with Gasteiger partial charge < -0.3 is 5.32 Å². The molecule has 0 bridgehead atoms. The van der Waals surface area contributed by atoms with E-state index in [1.165, 1.54) is 11.1 Å². The second-order valence-corrected chi connectivity index (χ2v) is 3.22. The van der Waals surface area contributed by atoms with E-state index in [0.29, 0.717) is 0 Å². The Bertz CT molecular complexity index is 262. The van der Waals surface area contributed by atoms with E-state index in [4.69, 9.17) is 0 Å². The highest BCUT2D eigenvalue weighted by Gasteiger charge is 1.90. The fourth-order valence-corrected chi connectivity index (χ4v) is 1.10. The molecule has 1 N–H and O–H groups in total. The molecule has 1 rings (SSSR count). The second kappa shape index (κ2) is 5.55. The fourth-order valence-electron chi connectivity index (χ4n) is 1.10. The normalized spacial score (nSPS) is 11.7. The monoisotopic (exact) mass is 175 g/mol. The first kappa shape index (κ1) is 10.0. The van der Waals surface area contributed by atoms with Crippen LogP contribution in [0.3, 0.4) is 0 Å². The Kier molecular flexibility index (Phi) is 4.27. The van der Waals surface area contributed by atoms with Crippen LogP contribution in [-0.4, -0.2) is 6.54 Å². The molecule has 0 spiro atoms. The van der Waals surface area contributed by atoms with E-state index in [2.05, 4.69) is 49.5 Å². The molecule has 13 heavy (non-hydrogen) atoms. The first-order chi connectivity index (χ1) is 6.33. The number of hydrogen-bond donors (Lipinski definition) is 1. The van der Waals surface area contributed by atoms with Crippen LogP contribution in [0.1, 0.15) is 19.4 Å². The predicted molar refractivity (Wildman–Crippen MR) is 57.6 cm³/mol. The maximum atomic E-state index is 3.38. The summed E-state index contributed by atoms with van der Waals surface area (Å²) in [6.45, 7) is 6.13. The van der Waals surface area contributed by atoms with Crippen LogP contribution in [0.5, 0.6) is 0 Å². The van der Waals surface area contributed by atoms with Gasteiger partial charge in [-0.25, -0.2) is 0 Å². The van der Waals surface area contributed by atoms with Gasteiger partial charge in [-0.1, -0.05) is 42.0 Å². The van der Waals surface area contributed by atoms with Crippen LogP contribution in [0.2, 0.25) is 0 Å². The minimum atomic E-state index is 0.950. The lowest BCUT2D eigenvalue weighted by Crippen LogP contribution is -2.15. The molecule has 0 atom stereocenters. The third-order valence-electron chi connectivity index (χ3n) is 2.07. The van der Waals surface area contributed by atoms with Gasteiger partial charge in [-0.05, 0) is 19.4 Å². The zero-order valence-electron chi connectivity index (χ0n) is 8.38. The van der Waals surface area contributed by atoms with Gasteiger partial charge in [0.15, 0.2) is 0 Å². The number of rotatable bonds is 4. The maximum Gasteiger partial charge on any atom is 0.0208 e. The van der Waals surface area contributed by atoms with Crippen molar-refractivity contribution < 1.29 is 0 Å². The summed E-state index contributed by atoms with van der Waals surface area (Å²) in [7, 11) is 0. The molecule has 0 aliphatic carbocycles. The molecular weight excluding hydrogens is 158 g/mol. The van der Waals surface area contributed by atoms with Gasteiger partial charge in [0.1, 0.15) is 0 Å². The van der Waals surface area contributed by atoms with Crippen LogP contribution < -0.4 is 5.32 Å². The Balaban J connectivity index is 2.28. The Hall–Kier alpha value is -1.08. The first-order valence-electron chi connectivity index (χ1n) is 4.69. The van der Waals surface area contributed by atoms with Crippen molar-refractivity contribution in [3.63, 3.8) is 0 Å². The van der Waals surface area contributed by atoms with Crippen molar-refractivity contribution >= 4 is 0 Å². The quantitative estimate of drug-likeness (QED) is 0.694. The van der Waals surface area contributed by atoms with E-state index in [1.807, 2.05) is 6.07 Å². The summed E-state index contributed by atoms with van der Waals surface area (Å²) in [5.41, 5.74) is 2.72. The highest BCUT2D eigenvalue weighted by atomic mass is 14.8. The van der Waals surface area contributed by atoms with E-state index in [1.54, 1.807) is 0 Å². The molecular formula is C12H17N. The van der Waals surface area contributed by atoms with Gasteiger partial charge in [0.2, 0.25) is 0 Å². The van der Waals surface area contributed by atoms with Crippen molar-refractivity contribution in [2.24, 2.45) is 0 Å². The summed E-state index contributed by atoms with van der Waals surface area (Å²) in [5, 5.41) is 3.38. The van der Waals surface area contributed by atoms with E-state index < -0.39 is 0 Å². The molecule has 0 aliphatic rings. The molecule has 0 amide bonds. The van der Waals surface area contributed by atoms with Crippen LogP contribution in [0.4, 0.5) is 0 Å². The van der Waals surface area contributed by atoms with Crippen LogP contribution in [-0.2, 0) is 6.54 Å². The lowest BCUT2D eigenvalue weighted by molar-refractivity contribution is 0.739. The van der Waals surface area contributed by atoms with Crippen molar-refractivity contribution in [3.8, 4) is 0 Å². The Morgan fingerprint density at radius 2 is 2.00 bits per heavy atom. The predicted octanol–water partition coefficient (Wildman–Crippen LogP) is 2.74. The van der Waals surface area contributed by atoms with Crippen molar-refractivity contribution in [2.45, 2.75) is 20.4 Å². The SMILES string of the molecule is CC=C(C)CNCc1ccccc1. The smallest absolute Gasteiger partial charge is 0.0208 e. The summed E-state index contributed by atoms with van der Waals surface area (Å²) < 4.78 is 0. The number of nitrogens with one attached hydrogen (secondary N) is 1. The van der Waals surface area contributed by atoms with Gasteiger partial charge in [-0.15, -0.1) is 0 Å². The van der Waals surface area contributed by atoms with Crippen molar-refractivity contribution in [1.82, 2.24) is 5.32 Å². The molecule has 0 heterocycles. The van der Waals surface area contributed by atoms with Gasteiger partial charge in [0, 0.05) is 13.1 Å². The lowest BCUT2D eigenvalue weighted by Gasteiger charge is -2.04. The standard InChI is InChI=1S/C12H17N/c1-3-11(2)9-13-10-12-7-5-4-6-8-12/h3-8,13H,9-10H2,1-2H3. The van der Waals surface area contributed by atoms with Gasteiger partial charge in [0.25, 0.3) is 0 Å². The van der Waals surface area contributed by atoms with Gasteiger partial charge in [0.05, 0.1) is 0 Å². The number of hydrogen-bond acceptors (Lipinski definition) is 1. The average Bonchev–Trinajstić information content (AvgIpc) is 2.19. The third-order valence-corrected chi connectivity index (χ3v) is 2.07. The second-order valence-electron chi connectivity index (χ2n) is 3.22. The van der Waals surface area contributed by atoms with Gasteiger partial charge in [-0.3, -0.25) is 0 Å². The van der Waals surface area contributed by atoms with E-state index in [0.717, 1.165) is 13.1 Å². The van der Waals surface area contributed by atoms with Gasteiger partial charge >= 0.3 is 0 Å². The van der Waals surface area contributed by atoms with Gasteiger partial charge in [-0.2, -0.15) is 0 Å². The van der Waals surface area contributed by atoms with Crippen LogP contribution in [0.25, 0.3) is 0 Å². The van der Waals surface area contributed by atoms with Crippen LogP contribution in [0.15, 0.2) is 42.0 Å². The topological polar surface area (TPSA) is 12.0 Å². The maximum absolute atomic E-state index is 3.38. The molecule has 0 radical (unpaired) electrons. The fraction of sp³-hybridized carbons (Fsp3) is 0.333. The first-order valence-corrected chi connectivity index (χ1v) is 4.69. The molecule has 1 aromatic rings. The summed E-state index contributed by atoms with van der Waals surface area (Å²) in [6, 6.07) is 10.5. The molecule has 70 valence electrons. The number of allylic oxidation sites excluding steroid dienone is 1. The molecule has 0 saturated carbocycles. The number of benzene rings is 1. The molecule has 1 heteroatoms. The van der Waals surface area contributed by atoms with Crippen molar-refractivity contribution in [3.05, 3.63) is 47.5 Å². The van der Waals surface area contributed by atoms with E-state index in [-0.39, 0.29) is 0 Å². The summed E-state index contributed by atoms with van der Waals surface area (Å²) >= 11 is 0. The van der Waals surface area contributed by atoms with Crippen LogP contribution in [0, 0.1) is 0 Å². The molecule has 0 fully saturated rings. The molecule has 0 aromatic heterocycles. The van der Waals surface area contributed by atoms with Crippen molar-refractivity contribution in [1.29, 1.82) is 0 Å². The molecule has 0 saturated heterocycles. The zero-order valence-corrected chi connectivity index (χ0v) is 8.38. The average molecular weight is 175 g/mol. The Morgan fingerprint density at radius 1 is 1.31 bits per heavy atom. The molecule has 0 unspecified atom stereocenters. The van der Waals surface area contributed by atoms with Crippen molar-refractivity contribution in [2.75, 3.05) is 6.54 Å². The third kappa shape index (κ3) is 3.90. The summed E-state index contributed by atoms with van der Waals surface area (Å²) in [4.78, 5) is 0.